The van der Waals surface area contributed by atoms with Crippen molar-refractivity contribution < 1.29 is 4.74 Å². The first-order chi connectivity index (χ1) is 12.6. The van der Waals surface area contributed by atoms with E-state index in [2.05, 4.69) is 27.0 Å². The van der Waals surface area contributed by atoms with E-state index < -0.39 is 0 Å². The Morgan fingerprint density at radius 2 is 1.81 bits per heavy atom. The molecule has 0 atom stereocenters. The Bertz CT molecular complexity index is 1070. The second kappa shape index (κ2) is 6.92. The van der Waals surface area contributed by atoms with Gasteiger partial charge in [-0.05, 0) is 40.5 Å². The fourth-order valence-electron chi connectivity index (χ4n) is 3.09. The molecule has 0 bridgehead atoms. The van der Waals surface area contributed by atoms with Gasteiger partial charge in [0, 0.05) is 28.5 Å². The molecule has 4 aromatic rings. The minimum Gasteiger partial charge on any atom is -0.473 e. The second-order valence-corrected chi connectivity index (χ2v) is 7.02. The first-order valence-corrected chi connectivity index (χ1v) is 9.19. The van der Waals surface area contributed by atoms with E-state index in [9.17, 15) is 0 Å². The summed E-state index contributed by atoms with van der Waals surface area (Å²) in [5.74, 6) is 0.622. The van der Waals surface area contributed by atoms with Gasteiger partial charge in [0.2, 0.25) is 5.88 Å². The lowest BCUT2D eigenvalue weighted by atomic mass is 10.1. The van der Waals surface area contributed by atoms with Gasteiger partial charge in [0.1, 0.15) is 12.3 Å². The number of fused-ring (bicyclic) bond motifs is 1. The van der Waals surface area contributed by atoms with E-state index in [0.717, 1.165) is 37.9 Å². The largest absolute Gasteiger partial charge is 0.473 e. The first-order valence-electron chi connectivity index (χ1n) is 8.39. The van der Waals surface area contributed by atoms with E-state index in [1.807, 2.05) is 73.3 Å². The number of ether oxygens (including phenoxy) is 1. The molecule has 5 heteroatoms. The zero-order valence-corrected chi connectivity index (χ0v) is 16.2. The summed E-state index contributed by atoms with van der Waals surface area (Å²) in [6.45, 7) is 2.50. The molecule has 2 aromatic carbocycles. The number of benzene rings is 2. The van der Waals surface area contributed by atoms with Gasteiger partial charge in [-0.3, -0.25) is 4.68 Å². The molecule has 0 aliphatic rings. The summed E-state index contributed by atoms with van der Waals surface area (Å²) < 4.78 is 8.76. The van der Waals surface area contributed by atoms with Crippen LogP contribution in [0.3, 0.4) is 0 Å². The van der Waals surface area contributed by atoms with Crippen LogP contribution in [0, 0.1) is 6.92 Å². The number of aromatic nitrogens is 3. The molecule has 0 saturated heterocycles. The standard InChI is InChI=1S/C21H18BrN3O/c1-14-16(20-17-9-6-10-18(22)21(17)25(2)24-20)11-12-19(23-14)26-13-15-7-4-3-5-8-15/h3-12H,13H2,1-2H3. The molecule has 2 heterocycles. The predicted molar refractivity (Wildman–Crippen MR) is 107 cm³/mol. The van der Waals surface area contributed by atoms with E-state index in [4.69, 9.17) is 9.84 Å². The van der Waals surface area contributed by atoms with Crippen LogP contribution in [0.25, 0.3) is 22.2 Å². The van der Waals surface area contributed by atoms with Crippen molar-refractivity contribution in [3.63, 3.8) is 0 Å². The van der Waals surface area contributed by atoms with Crippen LogP contribution in [0.4, 0.5) is 0 Å². The fraction of sp³-hybridized carbons (Fsp3) is 0.143. The van der Waals surface area contributed by atoms with Crippen LogP contribution < -0.4 is 4.74 Å². The molecule has 4 nitrogen and oxygen atoms in total. The van der Waals surface area contributed by atoms with E-state index in [-0.39, 0.29) is 0 Å². The van der Waals surface area contributed by atoms with Gasteiger partial charge < -0.3 is 4.74 Å². The minimum atomic E-state index is 0.506. The second-order valence-electron chi connectivity index (χ2n) is 6.16. The highest BCUT2D eigenvalue weighted by molar-refractivity contribution is 9.10. The SMILES string of the molecule is Cc1nc(OCc2ccccc2)ccc1-c1nn(C)c2c(Br)cccc12. The molecule has 0 saturated carbocycles. The van der Waals surface area contributed by atoms with Gasteiger partial charge in [-0.25, -0.2) is 4.98 Å². The number of hydrogen-bond donors (Lipinski definition) is 0. The number of hydrogen-bond acceptors (Lipinski definition) is 3. The van der Waals surface area contributed by atoms with E-state index >= 15 is 0 Å². The predicted octanol–water partition coefficient (Wildman–Crippen LogP) is 5.29. The monoisotopic (exact) mass is 407 g/mol. The molecule has 0 amide bonds. The number of nitrogens with zero attached hydrogens (tertiary/aromatic N) is 3. The van der Waals surface area contributed by atoms with Gasteiger partial charge in [-0.2, -0.15) is 5.10 Å². The molecular weight excluding hydrogens is 390 g/mol. The molecular formula is C21H18BrN3O. The molecule has 0 aliphatic heterocycles. The van der Waals surface area contributed by atoms with Crippen molar-refractivity contribution in [1.82, 2.24) is 14.8 Å². The Morgan fingerprint density at radius 1 is 1.00 bits per heavy atom. The molecule has 2 aromatic heterocycles. The smallest absolute Gasteiger partial charge is 0.213 e. The molecule has 4 rings (SSSR count). The maximum Gasteiger partial charge on any atom is 0.213 e. The molecule has 0 spiro atoms. The topological polar surface area (TPSA) is 39.9 Å². The van der Waals surface area contributed by atoms with Crippen LogP contribution in [-0.2, 0) is 13.7 Å². The number of pyridine rings is 1. The van der Waals surface area contributed by atoms with Gasteiger partial charge in [0.15, 0.2) is 0 Å². The quantitative estimate of drug-likeness (QED) is 0.461. The third-order valence-corrected chi connectivity index (χ3v) is 5.00. The zero-order valence-electron chi connectivity index (χ0n) is 14.6. The Balaban J connectivity index is 1.66. The van der Waals surface area contributed by atoms with Crippen molar-refractivity contribution in [1.29, 1.82) is 0 Å². The van der Waals surface area contributed by atoms with E-state index in [0.29, 0.717) is 12.5 Å². The molecule has 0 aliphatic carbocycles. The summed E-state index contributed by atoms with van der Waals surface area (Å²) >= 11 is 3.61. The molecule has 130 valence electrons. The fourth-order valence-corrected chi connectivity index (χ4v) is 3.71. The summed E-state index contributed by atoms with van der Waals surface area (Å²) in [6, 6.07) is 20.2. The van der Waals surface area contributed by atoms with Gasteiger partial charge in [-0.15, -0.1) is 0 Å². The van der Waals surface area contributed by atoms with Gasteiger partial charge in [-0.1, -0.05) is 42.5 Å². The Kier molecular flexibility index (Phi) is 4.47. The first kappa shape index (κ1) is 16.8. The molecule has 0 radical (unpaired) electrons. The summed E-state index contributed by atoms with van der Waals surface area (Å²) in [7, 11) is 1.96. The van der Waals surface area contributed by atoms with Crippen LogP contribution in [-0.4, -0.2) is 14.8 Å². The van der Waals surface area contributed by atoms with E-state index in [1.165, 1.54) is 0 Å². The average molecular weight is 408 g/mol. The minimum absolute atomic E-state index is 0.506. The number of rotatable bonds is 4. The van der Waals surface area contributed by atoms with Crippen molar-refractivity contribution in [3.8, 4) is 17.1 Å². The average Bonchev–Trinajstić information content (AvgIpc) is 2.99. The summed E-state index contributed by atoms with van der Waals surface area (Å²) in [5.41, 5.74) is 5.04. The Morgan fingerprint density at radius 3 is 2.58 bits per heavy atom. The third-order valence-electron chi connectivity index (χ3n) is 4.36. The van der Waals surface area contributed by atoms with Crippen molar-refractivity contribution in [2.45, 2.75) is 13.5 Å². The maximum atomic E-state index is 5.83. The summed E-state index contributed by atoms with van der Waals surface area (Å²) in [4.78, 5) is 4.62. The van der Waals surface area contributed by atoms with Crippen LogP contribution in [0.1, 0.15) is 11.3 Å². The molecule has 0 N–H and O–H groups in total. The van der Waals surface area contributed by atoms with Crippen molar-refractivity contribution >= 4 is 26.8 Å². The highest BCUT2D eigenvalue weighted by Crippen LogP contribution is 2.33. The number of para-hydroxylation sites is 1. The van der Waals surface area contributed by atoms with E-state index in [1.54, 1.807) is 0 Å². The number of halogens is 1. The lowest BCUT2D eigenvalue weighted by molar-refractivity contribution is 0.293. The van der Waals surface area contributed by atoms with Crippen molar-refractivity contribution in [2.24, 2.45) is 7.05 Å². The maximum absolute atomic E-state index is 5.83. The van der Waals surface area contributed by atoms with Crippen LogP contribution >= 0.6 is 15.9 Å². The summed E-state index contributed by atoms with van der Waals surface area (Å²) in [5, 5.41) is 5.81. The van der Waals surface area contributed by atoms with Crippen molar-refractivity contribution in [2.75, 3.05) is 0 Å². The lowest BCUT2D eigenvalue weighted by Crippen LogP contribution is -1.99. The van der Waals surface area contributed by atoms with Crippen LogP contribution in [0.15, 0.2) is 65.1 Å². The zero-order chi connectivity index (χ0) is 18.1. The molecule has 0 fully saturated rings. The highest BCUT2D eigenvalue weighted by Gasteiger charge is 2.15. The van der Waals surface area contributed by atoms with Gasteiger partial charge in [0.05, 0.1) is 11.2 Å². The molecule has 26 heavy (non-hydrogen) atoms. The normalized spacial score (nSPS) is 11.0. The third kappa shape index (κ3) is 3.10. The van der Waals surface area contributed by atoms with Gasteiger partial charge in [0.25, 0.3) is 0 Å². The van der Waals surface area contributed by atoms with Crippen LogP contribution in [0.5, 0.6) is 5.88 Å². The Hall–Kier alpha value is -2.66. The highest BCUT2D eigenvalue weighted by atomic mass is 79.9. The van der Waals surface area contributed by atoms with Gasteiger partial charge >= 0.3 is 0 Å². The summed E-state index contributed by atoms with van der Waals surface area (Å²) in [6.07, 6.45) is 0. The lowest BCUT2D eigenvalue weighted by Gasteiger charge is -2.08. The van der Waals surface area contributed by atoms with Crippen LogP contribution in [0.2, 0.25) is 0 Å². The number of aryl methyl sites for hydroxylation is 2. The molecule has 0 unspecified atom stereocenters. The van der Waals surface area contributed by atoms with Crippen molar-refractivity contribution in [3.05, 3.63) is 76.4 Å². The Labute approximate surface area is 160 Å².